The molecule has 0 aliphatic carbocycles. The number of hydrogen-bond acceptors (Lipinski definition) is 6. The van der Waals surface area contributed by atoms with E-state index in [0.717, 1.165) is 37.6 Å². The van der Waals surface area contributed by atoms with Crippen molar-refractivity contribution in [1.29, 1.82) is 0 Å². The van der Waals surface area contributed by atoms with Gasteiger partial charge in [0.1, 0.15) is 5.75 Å². The molecule has 2 aromatic carbocycles. The number of rotatable bonds is 9. The maximum absolute atomic E-state index is 13.6. The third kappa shape index (κ3) is 5.90. The summed E-state index contributed by atoms with van der Waals surface area (Å²) in [5, 5.41) is 0. The van der Waals surface area contributed by atoms with E-state index in [2.05, 4.69) is 9.88 Å². The molecule has 1 fully saturated rings. The first-order chi connectivity index (χ1) is 16.1. The van der Waals surface area contributed by atoms with Crippen molar-refractivity contribution in [3.05, 3.63) is 84.2 Å². The summed E-state index contributed by atoms with van der Waals surface area (Å²) in [4.78, 5) is 6.84. The monoisotopic (exact) mass is 467 g/mol. The highest BCUT2D eigenvalue weighted by Crippen LogP contribution is 2.24. The van der Waals surface area contributed by atoms with Crippen molar-refractivity contribution in [2.75, 3.05) is 37.8 Å². The number of morpholine rings is 1. The lowest BCUT2D eigenvalue weighted by atomic mass is 10.2. The summed E-state index contributed by atoms with van der Waals surface area (Å²) in [7, 11) is -3.75. The average molecular weight is 468 g/mol. The minimum atomic E-state index is -3.75. The molecule has 2 heterocycles. The number of nitrogens with zero attached hydrogens (tertiary/aromatic N) is 3. The zero-order chi connectivity index (χ0) is 23.1. The van der Waals surface area contributed by atoms with Crippen LogP contribution >= 0.6 is 0 Å². The Bertz CT molecular complexity index is 1110. The minimum Gasteiger partial charge on any atom is -0.494 e. The van der Waals surface area contributed by atoms with Crippen LogP contribution in [0.15, 0.2) is 77.8 Å². The molecule has 174 valence electrons. The molecule has 0 unspecified atom stereocenters. The summed E-state index contributed by atoms with van der Waals surface area (Å²) in [5.41, 5.74) is 2.72. The zero-order valence-corrected chi connectivity index (χ0v) is 19.6. The largest absolute Gasteiger partial charge is 0.494 e. The van der Waals surface area contributed by atoms with Gasteiger partial charge in [-0.05, 0) is 61.0 Å². The molecular formula is C25H29N3O4S. The fourth-order valence-corrected chi connectivity index (χ4v) is 5.16. The van der Waals surface area contributed by atoms with Gasteiger partial charge >= 0.3 is 0 Å². The van der Waals surface area contributed by atoms with Crippen molar-refractivity contribution in [1.82, 2.24) is 9.29 Å². The number of pyridine rings is 1. The lowest BCUT2D eigenvalue weighted by Crippen LogP contribution is -2.36. The van der Waals surface area contributed by atoms with Crippen LogP contribution in [0.5, 0.6) is 5.75 Å². The first-order valence-corrected chi connectivity index (χ1v) is 12.5. The minimum absolute atomic E-state index is 0.182. The van der Waals surface area contributed by atoms with E-state index in [1.54, 1.807) is 30.5 Å². The number of ether oxygens (including phenoxy) is 2. The SMILES string of the molecule is CCOc1ccc(S(=O)(=O)N(Cc2ccc(N3CCOCC3)cc2)Cc2ccccn2)cc1. The van der Waals surface area contributed by atoms with E-state index in [-0.39, 0.29) is 18.0 Å². The van der Waals surface area contributed by atoms with Gasteiger partial charge in [0, 0.05) is 31.5 Å². The summed E-state index contributed by atoms with van der Waals surface area (Å²) < 4.78 is 39.5. The Morgan fingerprint density at radius 3 is 2.33 bits per heavy atom. The van der Waals surface area contributed by atoms with Gasteiger partial charge in [-0.25, -0.2) is 8.42 Å². The van der Waals surface area contributed by atoms with E-state index in [4.69, 9.17) is 9.47 Å². The molecule has 4 rings (SSSR count). The van der Waals surface area contributed by atoms with Crippen LogP contribution in [0.25, 0.3) is 0 Å². The lowest BCUT2D eigenvalue weighted by Gasteiger charge is -2.29. The van der Waals surface area contributed by atoms with Gasteiger partial charge < -0.3 is 14.4 Å². The normalized spacial score (nSPS) is 14.4. The van der Waals surface area contributed by atoms with Crippen molar-refractivity contribution < 1.29 is 17.9 Å². The predicted octanol–water partition coefficient (Wildman–Crippen LogP) is 3.71. The van der Waals surface area contributed by atoms with Gasteiger partial charge in [-0.1, -0.05) is 18.2 Å². The van der Waals surface area contributed by atoms with Crippen molar-refractivity contribution in [3.63, 3.8) is 0 Å². The Hall–Kier alpha value is -2.94. The molecule has 8 heteroatoms. The fraction of sp³-hybridized carbons (Fsp3) is 0.320. The fourth-order valence-electron chi connectivity index (χ4n) is 3.76. The zero-order valence-electron chi connectivity index (χ0n) is 18.8. The van der Waals surface area contributed by atoms with E-state index < -0.39 is 10.0 Å². The first kappa shape index (κ1) is 23.2. The summed E-state index contributed by atoms with van der Waals surface area (Å²) in [6.45, 7) is 6.01. The molecule has 0 bridgehead atoms. The highest BCUT2D eigenvalue weighted by Gasteiger charge is 2.25. The Labute approximate surface area is 195 Å². The molecule has 0 atom stereocenters. The molecule has 0 amide bonds. The van der Waals surface area contributed by atoms with Crippen molar-refractivity contribution in [2.45, 2.75) is 24.9 Å². The molecular weight excluding hydrogens is 438 g/mol. The quantitative estimate of drug-likeness (QED) is 0.478. The molecule has 7 nitrogen and oxygen atoms in total. The van der Waals surface area contributed by atoms with Gasteiger partial charge in [0.15, 0.2) is 0 Å². The Morgan fingerprint density at radius 2 is 1.70 bits per heavy atom. The molecule has 33 heavy (non-hydrogen) atoms. The molecule has 1 saturated heterocycles. The van der Waals surface area contributed by atoms with Gasteiger partial charge in [-0.15, -0.1) is 0 Å². The molecule has 0 saturated carbocycles. The molecule has 1 aliphatic heterocycles. The molecule has 3 aromatic rings. The van der Waals surface area contributed by atoms with E-state index in [1.807, 2.05) is 49.4 Å². The smallest absolute Gasteiger partial charge is 0.243 e. The predicted molar refractivity (Wildman–Crippen MR) is 128 cm³/mol. The van der Waals surface area contributed by atoms with Crippen molar-refractivity contribution in [2.24, 2.45) is 0 Å². The van der Waals surface area contributed by atoms with Crippen LogP contribution in [0.2, 0.25) is 0 Å². The topological polar surface area (TPSA) is 72.0 Å². The third-order valence-corrected chi connectivity index (χ3v) is 7.31. The first-order valence-electron chi connectivity index (χ1n) is 11.1. The van der Waals surface area contributed by atoms with Gasteiger partial charge in [-0.2, -0.15) is 4.31 Å². The highest BCUT2D eigenvalue weighted by atomic mass is 32.2. The van der Waals surface area contributed by atoms with E-state index in [9.17, 15) is 8.42 Å². The number of sulfonamides is 1. The van der Waals surface area contributed by atoms with E-state index in [1.165, 1.54) is 4.31 Å². The molecule has 0 spiro atoms. The Balaban J connectivity index is 1.57. The maximum atomic E-state index is 13.6. The van der Waals surface area contributed by atoms with Crippen LogP contribution in [0.3, 0.4) is 0 Å². The second kappa shape index (κ2) is 10.8. The van der Waals surface area contributed by atoms with Crippen molar-refractivity contribution in [3.8, 4) is 5.75 Å². The second-order valence-electron chi connectivity index (χ2n) is 7.76. The average Bonchev–Trinajstić information content (AvgIpc) is 2.86. The van der Waals surface area contributed by atoms with Gasteiger partial charge in [0.2, 0.25) is 10.0 Å². The number of hydrogen-bond donors (Lipinski definition) is 0. The molecule has 0 radical (unpaired) electrons. The van der Waals surface area contributed by atoms with Gasteiger partial charge in [-0.3, -0.25) is 4.98 Å². The lowest BCUT2D eigenvalue weighted by molar-refractivity contribution is 0.122. The van der Waals surface area contributed by atoms with Crippen LogP contribution < -0.4 is 9.64 Å². The van der Waals surface area contributed by atoms with Crippen LogP contribution in [-0.2, 0) is 27.8 Å². The van der Waals surface area contributed by atoms with E-state index in [0.29, 0.717) is 18.1 Å². The summed E-state index contributed by atoms with van der Waals surface area (Å²) in [6, 6.07) is 20.1. The molecule has 0 N–H and O–H groups in total. The summed E-state index contributed by atoms with van der Waals surface area (Å²) in [5.74, 6) is 0.645. The Kier molecular flexibility index (Phi) is 7.59. The summed E-state index contributed by atoms with van der Waals surface area (Å²) in [6.07, 6.45) is 1.67. The van der Waals surface area contributed by atoms with Gasteiger partial charge in [0.05, 0.1) is 37.0 Å². The van der Waals surface area contributed by atoms with E-state index >= 15 is 0 Å². The van der Waals surface area contributed by atoms with Crippen LogP contribution in [0, 0.1) is 0 Å². The third-order valence-electron chi connectivity index (χ3n) is 5.51. The van der Waals surface area contributed by atoms with Crippen LogP contribution in [-0.4, -0.2) is 50.6 Å². The number of anilines is 1. The summed E-state index contributed by atoms with van der Waals surface area (Å²) >= 11 is 0. The number of benzene rings is 2. The standard InChI is InChI=1S/C25H29N3O4S/c1-2-32-24-10-12-25(13-11-24)33(29,30)28(20-22-5-3-4-14-26-22)19-21-6-8-23(9-7-21)27-15-17-31-18-16-27/h3-14H,2,15-20H2,1H3. The molecule has 1 aliphatic rings. The highest BCUT2D eigenvalue weighted by molar-refractivity contribution is 7.89. The number of aromatic nitrogens is 1. The second-order valence-corrected chi connectivity index (χ2v) is 9.70. The van der Waals surface area contributed by atoms with Gasteiger partial charge in [0.25, 0.3) is 0 Å². The molecule has 1 aromatic heterocycles. The van der Waals surface area contributed by atoms with Crippen LogP contribution in [0.4, 0.5) is 5.69 Å². The maximum Gasteiger partial charge on any atom is 0.243 e. The van der Waals surface area contributed by atoms with Crippen molar-refractivity contribution >= 4 is 15.7 Å². The Morgan fingerprint density at radius 1 is 0.970 bits per heavy atom. The van der Waals surface area contributed by atoms with Crippen LogP contribution in [0.1, 0.15) is 18.2 Å².